The third kappa shape index (κ3) is 3.63. The second-order valence-corrected chi connectivity index (χ2v) is 4.18. The average Bonchev–Trinajstić information content (AvgIpc) is 2.92. The molecule has 0 aliphatic heterocycles. The first kappa shape index (κ1) is 14.7. The molecule has 8 heteroatoms. The molecule has 0 bridgehead atoms. The third-order valence-corrected chi connectivity index (χ3v) is 2.58. The number of benzene rings is 1. The summed E-state index contributed by atoms with van der Waals surface area (Å²) in [6.45, 7) is 2.27. The van der Waals surface area contributed by atoms with Crippen molar-refractivity contribution in [3.05, 3.63) is 41.5 Å². The number of carbonyl (C=O) groups excluding carboxylic acids is 2. The molecule has 0 atom stereocenters. The second-order valence-electron chi connectivity index (χ2n) is 4.18. The van der Waals surface area contributed by atoms with Gasteiger partial charge in [-0.1, -0.05) is 17.3 Å². The molecule has 0 spiro atoms. The van der Waals surface area contributed by atoms with E-state index in [-0.39, 0.29) is 17.6 Å². The summed E-state index contributed by atoms with van der Waals surface area (Å²) in [5.74, 6) is -0.676. The molecule has 1 aromatic heterocycles. The van der Waals surface area contributed by atoms with Crippen LogP contribution in [-0.2, 0) is 0 Å². The molecule has 110 valence electrons. The number of aromatic nitrogens is 2. The van der Waals surface area contributed by atoms with E-state index in [4.69, 9.17) is 10.3 Å². The van der Waals surface area contributed by atoms with Crippen LogP contribution in [0.2, 0.25) is 0 Å². The molecule has 2 amide bonds. The van der Waals surface area contributed by atoms with Crippen molar-refractivity contribution in [3.8, 4) is 0 Å². The number of rotatable bonds is 5. The fourth-order valence-electron chi connectivity index (χ4n) is 1.64. The van der Waals surface area contributed by atoms with Crippen molar-refractivity contribution in [2.45, 2.75) is 6.92 Å². The number of nitrogens with one attached hydrogen (secondary N) is 2. The standard InChI is InChI=1S/C13H15N5O3/c1-8-16-11(18-21-8)13(20)17-10-5-3-2-4-9(10)12(19)15-7-6-14/h2-5H,6-7,14H2,1H3,(H,15,19)(H,17,20). The van der Waals surface area contributed by atoms with Gasteiger partial charge in [-0.15, -0.1) is 0 Å². The first-order valence-corrected chi connectivity index (χ1v) is 6.30. The van der Waals surface area contributed by atoms with E-state index in [1.165, 1.54) is 0 Å². The zero-order valence-corrected chi connectivity index (χ0v) is 11.4. The number of carbonyl (C=O) groups is 2. The Hall–Kier alpha value is -2.74. The lowest BCUT2D eigenvalue weighted by molar-refractivity contribution is 0.0955. The van der Waals surface area contributed by atoms with Gasteiger partial charge in [0.15, 0.2) is 0 Å². The van der Waals surface area contributed by atoms with Gasteiger partial charge in [-0.05, 0) is 12.1 Å². The minimum atomic E-state index is -0.550. The molecule has 2 aromatic rings. The molecule has 0 aliphatic carbocycles. The molecule has 2 rings (SSSR count). The van der Waals surface area contributed by atoms with E-state index in [0.29, 0.717) is 24.3 Å². The highest BCUT2D eigenvalue weighted by molar-refractivity contribution is 6.07. The maximum Gasteiger partial charge on any atom is 0.297 e. The summed E-state index contributed by atoms with van der Waals surface area (Å²) >= 11 is 0. The van der Waals surface area contributed by atoms with Crippen LogP contribution in [0.3, 0.4) is 0 Å². The van der Waals surface area contributed by atoms with E-state index in [2.05, 4.69) is 20.8 Å². The van der Waals surface area contributed by atoms with Crippen molar-refractivity contribution < 1.29 is 14.1 Å². The molecular weight excluding hydrogens is 274 g/mol. The van der Waals surface area contributed by atoms with E-state index in [1.54, 1.807) is 31.2 Å². The first-order valence-electron chi connectivity index (χ1n) is 6.30. The van der Waals surface area contributed by atoms with E-state index in [0.717, 1.165) is 0 Å². The maximum absolute atomic E-state index is 12.0. The molecule has 1 heterocycles. The quantitative estimate of drug-likeness (QED) is 0.728. The SMILES string of the molecule is Cc1nc(C(=O)Nc2ccccc2C(=O)NCCN)no1. The number of hydrogen-bond donors (Lipinski definition) is 3. The van der Waals surface area contributed by atoms with Crippen LogP contribution in [0.4, 0.5) is 5.69 Å². The molecular formula is C13H15N5O3. The Labute approximate surface area is 120 Å². The summed E-state index contributed by atoms with van der Waals surface area (Å²) in [4.78, 5) is 27.8. The Balaban J connectivity index is 2.16. The van der Waals surface area contributed by atoms with Crippen LogP contribution in [-0.4, -0.2) is 35.0 Å². The summed E-state index contributed by atoms with van der Waals surface area (Å²) in [7, 11) is 0. The van der Waals surface area contributed by atoms with Gasteiger partial charge >= 0.3 is 0 Å². The molecule has 0 fully saturated rings. The summed E-state index contributed by atoms with van der Waals surface area (Å²) < 4.78 is 4.74. The van der Waals surface area contributed by atoms with Gasteiger partial charge in [-0.3, -0.25) is 9.59 Å². The predicted molar refractivity (Wildman–Crippen MR) is 74.8 cm³/mol. The Kier molecular flexibility index (Phi) is 4.62. The van der Waals surface area contributed by atoms with Crippen LogP contribution >= 0.6 is 0 Å². The molecule has 8 nitrogen and oxygen atoms in total. The number of nitrogens with zero attached hydrogens (tertiary/aromatic N) is 2. The van der Waals surface area contributed by atoms with Gasteiger partial charge < -0.3 is 20.9 Å². The van der Waals surface area contributed by atoms with Gasteiger partial charge in [0, 0.05) is 20.0 Å². The number of anilines is 1. The van der Waals surface area contributed by atoms with Gasteiger partial charge in [0.25, 0.3) is 17.6 Å². The van der Waals surface area contributed by atoms with Crippen molar-refractivity contribution in [2.24, 2.45) is 5.73 Å². The number of nitrogens with two attached hydrogens (primary N) is 1. The number of para-hydroxylation sites is 1. The lowest BCUT2D eigenvalue weighted by Crippen LogP contribution is -2.30. The van der Waals surface area contributed by atoms with E-state index >= 15 is 0 Å². The summed E-state index contributed by atoms with van der Waals surface area (Å²) in [5.41, 5.74) is 6.03. The van der Waals surface area contributed by atoms with Crippen LogP contribution in [0, 0.1) is 6.92 Å². The van der Waals surface area contributed by atoms with Gasteiger partial charge in [0.1, 0.15) is 0 Å². The van der Waals surface area contributed by atoms with Gasteiger partial charge in [-0.2, -0.15) is 4.98 Å². The van der Waals surface area contributed by atoms with Gasteiger partial charge in [0.2, 0.25) is 5.89 Å². The molecule has 21 heavy (non-hydrogen) atoms. The second kappa shape index (κ2) is 6.62. The van der Waals surface area contributed by atoms with Crippen molar-refractivity contribution in [3.63, 3.8) is 0 Å². The normalized spacial score (nSPS) is 10.2. The van der Waals surface area contributed by atoms with Crippen molar-refractivity contribution in [1.29, 1.82) is 0 Å². The Morgan fingerprint density at radius 1 is 1.29 bits per heavy atom. The van der Waals surface area contributed by atoms with Crippen LogP contribution in [0.1, 0.15) is 26.9 Å². The highest BCUT2D eigenvalue weighted by atomic mass is 16.5. The third-order valence-electron chi connectivity index (χ3n) is 2.58. The van der Waals surface area contributed by atoms with Crippen LogP contribution in [0.25, 0.3) is 0 Å². The minimum absolute atomic E-state index is 0.0929. The fourth-order valence-corrected chi connectivity index (χ4v) is 1.64. The lowest BCUT2D eigenvalue weighted by Gasteiger charge is -2.09. The Bertz CT molecular complexity index is 653. The summed E-state index contributed by atoms with van der Waals surface area (Å²) in [6.07, 6.45) is 0. The average molecular weight is 289 g/mol. The van der Waals surface area contributed by atoms with Crippen LogP contribution < -0.4 is 16.4 Å². The topological polar surface area (TPSA) is 123 Å². The van der Waals surface area contributed by atoms with Crippen molar-refractivity contribution in [2.75, 3.05) is 18.4 Å². The summed E-state index contributed by atoms with van der Waals surface area (Å²) in [6, 6.07) is 6.62. The highest BCUT2D eigenvalue weighted by Gasteiger charge is 2.17. The highest BCUT2D eigenvalue weighted by Crippen LogP contribution is 2.15. The largest absolute Gasteiger partial charge is 0.351 e. The zero-order chi connectivity index (χ0) is 15.2. The van der Waals surface area contributed by atoms with Crippen LogP contribution in [0.5, 0.6) is 0 Å². The summed E-state index contributed by atoms with van der Waals surface area (Å²) in [5, 5.41) is 8.74. The monoisotopic (exact) mass is 289 g/mol. The zero-order valence-electron chi connectivity index (χ0n) is 11.4. The molecule has 0 radical (unpaired) electrons. The Morgan fingerprint density at radius 2 is 2.05 bits per heavy atom. The minimum Gasteiger partial charge on any atom is -0.351 e. The predicted octanol–water partition coefficient (Wildman–Crippen LogP) is 0.319. The maximum atomic E-state index is 12.0. The number of amides is 2. The molecule has 1 aromatic carbocycles. The molecule has 0 saturated heterocycles. The fraction of sp³-hybridized carbons (Fsp3) is 0.231. The lowest BCUT2D eigenvalue weighted by atomic mass is 10.1. The van der Waals surface area contributed by atoms with Crippen LogP contribution in [0.15, 0.2) is 28.8 Å². The Morgan fingerprint density at radius 3 is 2.71 bits per heavy atom. The molecule has 0 aliphatic rings. The molecule has 0 saturated carbocycles. The smallest absolute Gasteiger partial charge is 0.297 e. The van der Waals surface area contributed by atoms with Crippen molar-refractivity contribution in [1.82, 2.24) is 15.5 Å². The molecule has 0 unspecified atom stereocenters. The first-order chi connectivity index (χ1) is 10.1. The number of hydrogen-bond acceptors (Lipinski definition) is 6. The number of aryl methyl sites for hydroxylation is 1. The van der Waals surface area contributed by atoms with Gasteiger partial charge in [0.05, 0.1) is 11.3 Å². The van der Waals surface area contributed by atoms with Gasteiger partial charge in [-0.25, -0.2) is 0 Å². The van der Waals surface area contributed by atoms with Crippen molar-refractivity contribution >= 4 is 17.5 Å². The molecule has 4 N–H and O–H groups in total. The van der Waals surface area contributed by atoms with E-state index in [1.807, 2.05) is 0 Å². The van der Waals surface area contributed by atoms with E-state index < -0.39 is 5.91 Å². The van der Waals surface area contributed by atoms with E-state index in [9.17, 15) is 9.59 Å².